The Morgan fingerprint density at radius 1 is 1.42 bits per heavy atom. The highest BCUT2D eigenvalue weighted by atomic mass is 16.3. The van der Waals surface area contributed by atoms with Crippen LogP contribution in [0.25, 0.3) is 0 Å². The minimum absolute atomic E-state index is 0.233. The maximum Gasteiger partial charge on any atom is 0.0964 e. The minimum Gasteiger partial charge on any atom is -0.395 e. The normalized spacial score (nSPS) is 15.6. The van der Waals surface area contributed by atoms with Crippen LogP contribution in [0.5, 0.6) is 0 Å². The fourth-order valence-electron chi connectivity index (χ4n) is 0.908. The molecule has 0 saturated heterocycles. The molecule has 0 spiro atoms. The van der Waals surface area contributed by atoms with Crippen molar-refractivity contribution in [1.82, 2.24) is 4.98 Å². The summed E-state index contributed by atoms with van der Waals surface area (Å²) >= 11 is 0. The molecule has 4 N–H and O–H groups in total. The Labute approximate surface area is 70.7 Å². The van der Waals surface area contributed by atoms with E-state index in [0.29, 0.717) is 5.56 Å². The van der Waals surface area contributed by atoms with Crippen LogP contribution in [0, 0.1) is 0 Å². The Morgan fingerprint density at radius 2 is 2.00 bits per heavy atom. The van der Waals surface area contributed by atoms with E-state index in [4.69, 9.17) is 10.8 Å². The summed E-state index contributed by atoms with van der Waals surface area (Å²) in [5.74, 6) is 0. The van der Waals surface area contributed by atoms with Gasteiger partial charge in [-0.1, -0.05) is 0 Å². The van der Waals surface area contributed by atoms with Gasteiger partial charge in [0.1, 0.15) is 0 Å². The van der Waals surface area contributed by atoms with Gasteiger partial charge in [-0.3, -0.25) is 4.98 Å². The van der Waals surface area contributed by atoms with Crippen molar-refractivity contribution in [3.8, 4) is 0 Å². The van der Waals surface area contributed by atoms with Gasteiger partial charge in [-0.15, -0.1) is 0 Å². The lowest BCUT2D eigenvalue weighted by atomic mass is 10.1. The van der Waals surface area contributed by atoms with Crippen LogP contribution in [0.3, 0.4) is 0 Å². The van der Waals surface area contributed by atoms with E-state index in [1.165, 1.54) is 0 Å². The summed E-state index contributed by atoms with van der Waals surface area (Å²) in [7, 11) is 0. The highest BCUT2D eigenvalue weighted by Gasteiger charge is 2.14. The van der Waals surface area contributed by atoms with E-state index in [2.05, 4.69) is 4.98 Å². The monoisotopic (exact) mass is 168 g/mol. The number of aromatic nitrogens is 1. The van der Waals surface area contributed by atoms with Gasteiger partial charge in [0.2, 0.25) is 0 Å². The second-order valence-electron chi connectivity index (χ2n) is 2.57. The van der Waals surface area contributed by atoms with E-state index in [1.54, 1.807) is 24.5 Å². The van der Waals surface area contributed by atoms with Crippen LogP contribution >= 0.6 is 0 Å². The molecule has 4 nitrogen and oxygen atoms in total. The Balaban J connectivity index is 2.71. The summed E-state index contributed by atoms with van der Waals surface area (Å²) in [6.45, 7) is -0.233. The molecule has 0 aliphatic rings. The van der Waals surface area contributed by atoms with Crippen LogP contribution in [0.15, 0.2) is 24.5 Å². The highest BCUT2D eigenvalue weighted by molar-refractivity contribution is 5.14. The van der Waals surface area contributed by atoms with Crippen LogP contribution in [0.4, 0.5) is 0 Å². The molecule has 0 unspecified atom stereocenters. The predicted octanol–water partition coefficient (Wildman–Crippen LogP) is -0.565. The lowest BCUT2D eigenvalue weighted by molar-refractivity contribution is 0.109. The predicted molar refractivity (Wildman–Crippen MR) is 44.3 cm³/mol. The number of aliphatic hydroxyl groups is 2. The number of hydrogen-bond acceptors (Lipinski definition) is 4. The van der Waals surface area contributed by atoms with Crippen molar-refractivity contribution in [3.63, 3.8) is 0 Å². The second kappa shape index (κ2) is 4.15. The fraction of sp³-hybridized carbons (Fsp3) is 0.375. The van der Waals surface area contributed by atoms with Crippen molar-refractivity contribution in [2.24, 2.45) is 5.73 Å². The minimum atomic E-state index is -0.821. The molecule has 0 fully saturated rings. The molecule has 1 aromatic heterocycles. The van der Waals surface area contributed by atoms with Crippen LogP contribution in [0.2, 0.25) is 0 Å². The zero-order valence-corrected chi connectivity index (χ0v) is 6.59. The summed E-state index contributed by atoms with van der Waals surface area (Å²) < 4.78 is 0. The Bertz CT molecular complexity index is 228. The molecule has 12 heavy (non-hydrogen) atoms. The lowest BCUT2D eigenvalue weighted by Crippen LogP contribution is -2.31. The fourth-order valence-corrected chi connectivity index (χ4v) is 0.908. The number of pyridine rings is 1. The summed E-state index contributed by atoms with van der Waals surface area (Å²) in [6.07, 6.45) is 2.32. The quantitative estimate of drug-likeness (QED) is 0.565. The van der Waals surface area contributed by atoms with Crippen molar-refractivity contribution >= 4 is 0 Å². The van der Waals surface area contributed by atoms with Gasteiger partial charge in [-0.05, 0) is 17.7 Å². The topological polar surface area (TPSA) is 79.4 Å². The van der Waals surface area contributed by atoms with Gasteiger partial charge >= 0.3 is 0 Å². The molecule has 0 aliphatic heterocycles. The maximum absolute atomic E-state index is 9.48. The summed E-state index contributed by atoms with van der Waals surface area (Å²) in [6, 6.07) is 2.70. The molecule has 0 radical (unpaired) electrons. The molecular weight excluding hydrogens is 156 g/mol. The molecule has 1 aromatic rings. The smallest absolute Gasteiger partial charge is 0.0964 e. The molecule has 0 amide bonds. The van der Waals surface area contributed by atoms with Crippen molar-refractivity contribution in [3.05, 3.63) is 30.1 Å². The molecule has 4 heteroatoms. The van der Waals surface area contributed by atoms with E-state index < -0.39 is 12.1 Å². The Morgan fingerprint density at radius 3 is 2.50 bits per heavy atom. The van der Waals surface area contributed by atoms with Crippen LogP contribution in [-0.2, 0) is 0 Å². The number of hydrogen-bond donors (Lipinski definition) is 3. The zero-order chi connectivity index (χ0) is 8.97. The maximum atomic E-state index is 9.48. The van der Waals surface area contributed by atoms with Gasteiger partial charge in [0.25, 0.3) is 0 Å². The first-order chi connectivity index (χ1) is 5.75. The summed E-state index contributed by atoms with van der Waals surface area (Å²) in [5, 5.41) is 18.1. The van der Waals surface area contributed by atoms with Crippen LogP contribution in [-0.4, -0.2) is 27.8 Å². The van der Waals surface area contributed by atoms with Crippen molar-refractivity contribution in [2.75, 3.05) is 6.61 Å². The van der Waals surface area contributed by atoms with E-state index in [1.807, 2.05) is 0 Å². The average Bonchev–Trinajstić information content (AvgIpc) is 2.17. The number of nitrogens with two attached hydrogens (primary N) is 1. The first-order valence-electron chi connectivity index (χ1n) is 3.70. The van der Waals surface area contributed by atoms with E-state index in [9.17, 15) is 5.11 Å². The third-order valence-electron chi connectivity index (χ3n) is 1.66. The number of rotatable bonds is 3. The Kier molecular flexibility index (Phi) is 3.16. The summed E-state index contributed by atoms with van der Waals surface area (Å²) in [5.41, 5.74) is 6.10. The molecule has 0 saturated carbocycles. The molecule has 66 valence electrons. The standard InChI is InChI=1S/C8H12N2O2/c9-7(5-11)8(12)6-1-3-10-4-2-6/h1-4,7-8,11-12H,5,9H2/t7-,8+/m0/s1. The summed E-state index contributed by atoms with van der Waals surface area (Å²) in [4.78, 5) is 3.80. The van der Waals surface area contributed by atoms with Gasteiger partial charge in [0, 0.05) is 12.4 Å². The molecule has 2 atom stereocenters. The van der Waals surface area contributed by atoms with Gasteiger partial charge in [-0.2, -0.15) is 0 Å². The highest BCUT2D eigenvalue weighted by Crippen LogP contribution is 2.13. The lowest BCUT2D eigenvalue weighted by Gasteiger charge is -2.15. The van der Waals surface area contributed by atoms with Gasteiger partial charge in [0.15, 0.2) is 0 Å². The van der Waals surface area contributed by atoms with Crippen molar-refractivity contribution in [1.29, 1.82) is 0 Å². The SMILES string of the molecule is N[C@@H](CO)[C@H](O)c1ccncc1. The second-order valence-corrected chi connectivity index (χ2v) is 2.57. The van der Waals surface area contributed by atoms with Crippen molar-refractivity contribution in [2.45, 2.75) is 12.1 Å². The zero-order valence-electron chi connectivity index (χ0n) is 6.59. The van der Waals surface area contributed by atoms with E-state index >= 15 is 0 Å². The average molecular weight is 168 g/mol. The molecule has 1 heterocycles. The molecule has 0 aliphatic carbocycles. The third-order valence-corrected chi connectivity index (χ3v) is 1.66. The molecule has 1 rings (SSSR count). The van der Waals surface area contributed by atoms with Crippen LogP contribution in [0.1, 0.15) is 11.7 Å². The van der Waals surface area contributed by atoms with Gasteiger partial charge in [-0.25, -0.2) is 0 Å². The van der Waals surface area contributed by atoms with E-state index in [0.717, 1.165) is 0 Å². The van der Waals surface area contributed by atoms with Crippen molar-refractivity contribution < 1.29 is 10.2 Å². The van der Waals surface area contributed by atoms with E-state index in [-0.39, 0.29) is 6.61 Å². The largest absolute Gasteiger partial charge is 0.395 e. The Hall–Kier alpha value is -0.970. The van der Waals surface area contributed by atoms with Gasteiger partial charge in [0.05, 0.1) is 18.8 Å². The molecule has 0 aromatic carbocycles. The first-order valence-corrected chi connectivity index (χ1v) is 3.70. The first kappa shape index (κ1) is 9.12. The molecular formula is C8H12N2O2. The number of nitrogens with zero attached hydrogens (tertiary/aromatic N) is 1. The molecule has 0 bridgehead atoms. The van der Waals surface area contributed by atoms with Gasteiger partial charge < -0.3 is 15.9 Å². The van der Waals surface area contributed by atoms with Crippen LogP contribution < -0.4 is 5.73 Å². The number of aliphatic hydroxyl groups excluding tert-OH is 2. The third kappa shape index (κ3) is 2.01.